The SMILES string of the molecule is O=C(NC1CCN(c2ncccn2)CC1)c1ccccc1SCc1cscn1. The van der Waals surface area contributed by atoms with Crippen LogP contribution in [0.1, 0.15) is 28.9 Å². The van der Waals surface area contributed by atoms with Crippen LogP contribution in [0.15, 0.2) is 58.5 Å². The first-order valence-electron chi connectivity index (χ1n) is 9.21. The van der Waals surface area contributed by atoms with Crippen LogP contribution in [0.4, 0.5) is 5.95 Å². The molecule has 1 aromatic carbocycles. The molecular formula is C20H21N5OS2. The summed E-state index contributed by atoms with van der Waals surface area (Å²) in [4.78, 5) is 29.0. The highest BCUT2D eigenvalue weighted by molar-refractivity contribution is 7.98. The number of aromatic nitrogens is 3. The van der Waals surface area contributed by atoms with Gasteiger partial charge in [0.2, 0.25) is 5.95 Å². The number of carbonyl (C=O) groups is 1. The fourth-order valence-corrected chi connectivity index (χ4v) is 4.80. The van der Waals surface area contributed by atoms with Gasteiger partial charge in [0, 0.05) is 47.6 Å². The number of amides is 1. The van der Waals surface area contributed by atoms with E-state index >= 15 is 0 Å². The third-order valence-corrected chi connectivity index (χ3v) is 6.40. The second kappa shape index (κ2) is 9.16. The number of anilines is 1. The molecule has 4 rings (SSSR count). The Morgan fingerprint density at radius 2 is 1.93 bits per heavy atom. The number of hydrogen-bond donors (Lipinski definition) is 1. The molecule has 1 N–H and O–H groups in total. The summed E-state index contributed by atoms with van der Waals surface area (Å²) in [5.41, 5.74) is 3.61. The Morgan fingerprint density at radius 1 is 1.14 bits per heavy atom. The zero-order valence-corrected chi connectivity index (χ0v) is 17.0. The van der Waals surface area contributed by atoms with E-state index in [-0.39, 0.29) is 11.9 Å². The van der Waals surface area contributed by atoms with E-state index in [1.54, 1.807) is 35.5 Å². The highest BCUT2D eigenvalue weighted by atomic mass is 32.2. The van der Waals surface area contributed by atoms with Crippen molar-refractivity contribution in [2.75, 3.05) is 18.0 Å². The quantitative estimate of drug-likeness (QED) is 0.625. The molecule has 3 heterocycles. The summed E-state index contributed by atoms with van der Waals surface area (Å²) in [5, 5.41) is 5.25. The lowest BCUT2D eigenvalue weighted by molar-refractivity contribution is 0.0928. The first-order chi connectivity index (χ1) is 13.8. The first-order valence-corrected chi connectivity index (χ1v) is 11.1. The van der Waals surface area contributed by atoms with E-state index < -0.39 is 0 Å². The fourth-order valence-electron chi connectivity index (χ4n) is 3.18. The summed E-state index contributed by atoms with van der Waals surface area (Å²) in [5.74, 6) is 1.52. The molecular weight excluding hydrogens is 390 g/mol. The van der Waals surface area contributed by atoms with Crippen LogP contribution in [0.25, 0.3) is 0 Å². The Kier molecular flexibility index (Phi) is 6.18. The maximum absolute atomic E-state index is 12.9. The van der Waals surface area contributed by atoms with Gasteiger partial charge in [-0.3, -0.25) is 4.79 Å². The van der Waals surface area contributed by atoms with Crippen LogP contribution in [0, 0.1) is 0 Å². The zero-order chi connectivity index (χ0) is 19.2. The number of carbonyl (C=O) groups excluding carboxylic acids is 1. The number of thioether (sulfide) groups is 1. The fraction of sp³-hybridized carbons (Fsp3) is 0.300. The molecule has 0 spiro atoms. The van der Waals surface area contributed by atoms with Crippen molar-refractivity contribution in [2.45, 2.75) is 29.5 Å². The molecule has 1 amide bonds. The minimum Gasteiger partial charge on any atom is -0.349 e. The van der Waals surface area contributed by atoms with Gasteiger partial charge in [0.15, 0.2) is 0 Å². The summed E-state index contributed by atoms with van der Waals surface area (Å²) in [7, 11) is 0. The van der Waals surface area contributed by atoms with E-state index in [4.69, 9.17) is 0 Å². The number of rotatable bonds is 6. The second-order valence-corrected chi connectivity index (χ2v) is 8.28. The summed E-state index contributed by atoms with van der Waals surface area (Å²) >= 11 is 3.24. The monoisotopic (exact) mass is 411 g/mol. The minimum absolute atomic E-state index is 0.00390. The number of nitrogens with zero attached hydrogens (tertiary/aromatic N) is 4. The zero-order valence-electron chi connectivity index (χ0n) is 15.3. The van der Waals surface area contributed by atoms with E-state index in [1.165, 1.54) is 0 Å². The third-order valence-electron chi connectivity index (χ3n) is 4.66. The van der Waals surface area contributed by atoms with Crippen molar-refractivity contribution in [3.8, 4) is 0 Å². The molecule has 6 nitrogen and oxygen atoms in total. The van der Waals surface area contributed by atoms with Crippen LogP contribution < -0.4 is 10.2 Å². The lowest BCUT2D eigenvalue weighted by atomic mass is 10.0. The molecule has 144 valence electrons. The lowest BCUT2D eigenvalue weighted by Crippen LogP contribution is -2.45. The van der Waals surface area contributed by atoms with Crippen LogP contribution in [0.3, 0.4) is 0 Å². The average Bonchev–Trinajstić information content (AvgIpc) is 3.27. The second-order valence-electron chi connectivity index (χ2n) is 6.55. The molecule has 0 aliphatic carbocycles. The van der Waals surface area contributed by atoms with Crippen molar-refractivity contribution in [3.63, 3.8) is 0 Å². The van der Waals surface area contributed by atoms with Crippen molar-refractivity contribution in [2.24, 2.45) is 0 Å². The predicted octanol–water partition coefficient (Wildman–Crippen LogP) is 3.62. The summed E-state index contributed by atoms with van der Waals surface area (Å²) in [6.07, 6.45) is 5.29. The largest absolute Gasteiger partial charge is 0.349 e. The Morgan fingerprint density at radius 3 is 2.68 bits per heavy atom. The van der Waals surface area contributed by atoms with Crippen LogP contribution in [-0.4, -0.2) is 40.0 Å². The Bertz CT molecular complexity index is 896. The normalized spacial score (nSPS) is 14.8. The standard InChI is InChI=1S/C20H21N5OS2/c26-19(17-4-1-2-5-18(17)28-13-16-12-27-14-23-16)24-15-6-10-25(11-7-15)20-21-8-3-9-22-20/h1-5,8-9,12,14-15H,6-7,10-11,13H2,(H,24,26). The maximum atomic E-state index is 12.9. The lowest BCUT2D eigenvalue weighted by Gasteiger charge is -2.32. The average molecular weight is 412 g/mol. The molecule has 0 atom stereocenters. The summed E-state index contributed by atoms with van der Waals surface area (Å²) in [6.45, 7) is 1.68. The number of benzene rings is 1. The highest BCUT2D eigenvalue weighted by Gasteiger charge is 2.23. The van der Waals surface area contributed by atoms with Gasteiger partial charge < -0.3 is 10.2 Å². The summed E-state index contributed by atoms with van der Waals surface area (Å²) in [6, 6.07) is 9.77. The van der Waals surface area contributed by atoms with Crippen molar-refractivity contribution in [1.29, 1.82) is 0 Å². The molecule has 28 heavy (non-hydrogen) atoms. The van der Waals surface area contributed by atoms with Gasteiger partial charge in [-0.15, -0.1) is 23.1 Å². The Balaban J connectivity index is 1.34. The van der Waals surface area contributed by atoms with Crippen molar-refractivity contribution < 1.29 is 4.79 Å². The van der Waals surface area contributed by atoms with E-state index in [1.807, 2.05) is 41.2 Å². The predicted molar refractivity (Wildman–Crippen MR) is 113 cm³/mol. The van der Waals surface area contributed by atoms with Crippen molar-refractivity contribution in [1.82, 2.24) is 20.3 Å². The molecule has 1 saturated heterocycles. The van der Waals surface area contributed by atoms with E-state index in [9.17, 15) is 4.79 Å². The third kappa shape index (κ3) is 4.69. The number of piperidine rings is 1. The molecule has 0 bridgehead atoms. The maximum Gasteiger partial charge on any atom is 0.252 e. The number of thiazole rings is 1. The molecule has 8 heteroatoms. The Labute approximate surface area is 172 Å². The topological polar surface area (TPSA) is 71.0 Å². The van der Waals surface area contributed by atoms with E-state index in [0.29, 0.717) is 0 Å². The van der Waals surface area contributed by atoms with Gasteiger partial charge in [-0.25, -0.2) is 15.0 Å². The van der Waals surface area contributed by atoms with Crippen LogP contribution in [-0.2, 0) is 5.75 Å². The van der Waals surface area contributed by atoms with Crippen LogP contribution in [0.2, 0.25) is 0 Å². The van der Waals surface area contributed by atoms with Gasteiger partial charge in [0.1, 0.15) is 0 Å². The Hall–Kier alpha value is -2.45. The van der Waals surface area contributed by atoms with E-state index in [2.05, 4.69) is 25.2 Å². The summed E-state index contributed by atoms with van der Waals surface area (Å²) < 4.78 is 0. The first kappa shape index (κ1) is 18.9. The van der Waals surface area contributed by atoms with Gasteiger partial charge in [-0.2, -0.15) is 0 Å². The van der Waals surface area contributed by atoms with Crippen LogP contribution in [0.5, 0.6) is 0 Å². The highest BCUT2D eigenvalue weighted by Crippen LogP contribution is 2.26. The molecule has 3 aromatic rings. The molecule has 1 aliphatic rings. The number of nitrogens with one attached hydrogen (secondary N) is 1. The van der Waals surface area contributed by atoms with Gasteiger partial charge in [0.25, 0.3) is 5.91 Å². The van der Waals surface area contributed by atoms with Gasteiger partial charge in [-0.1, -0.05) is 12.1 Å². The molecule has 0 saturated carbocycles. The van der Waals surface area contributed by atoms with Gasteiger partial charge in [-0.05, 0) is 31.0 Å². The minimum atomic E-state index is -0.00390. The van der Waals surface area contributed by atoms with Crippen LogP contribution >= 0.6 is 23.1 Å². The smallest absolute Gasteiger partial charge is 0.252 e. The molecule has 2 aromatic heterocycles. The molecule has 0 radical (unpaired) electrons. The van der Waals surface area contributed by atoms with Gasteiger partial charge in [0.05, 0.1) is 16.8 Å². The molecule has 1 fully saturated rings. The van der Waals surface area contributed by atoms with Gasteiger partial charge >= 0.3 is 0 Å². The molecule has 1 aliphatic heterocycles. The van der Waals surface area contributed by atoms with Crippen molar-refractivity contribution in [3.05, 3.63) is 64.9 Å². The number of hydrogen-bond acceptors (Lipinski definition) is 7. The van der Waals surface area contributed by atoms with Crippen molar-refractivity contribution >= 4 is 35.0 Å². The van der Waals surface area contributed by atoms with E-state index in [0.717, 1.165) is 53.8 Å². The molecule has 0 unspecified atom stereocenters.